The van der Waals surface area contributed by atoms with Crippen LogP contribution in [0.1, 0.15) is 12.0 Å². The van der Waals surface area contributed by atoms with Crippen LogP contribution >= 0.6 is 15.9 Å². The highest BCUT2D eigenvalue weighted by molar-refractivity contribution is 9.10. The quantitative estimate of drug-likeness (QED) is 0.687. The normalized spacial score (nSPS) is 18.6. The Morgan fingerprint density at radius 1 is 1.36 bits per heavy atom. The molecule has 0 fully saturated rings. The fourth-order valence-electron chi connectivity index (χ4n) is 1.27. The van der Waals surface area contributed by atoms with Gasteiger partial charge in [-0.25, -0.2) is 0 Å². The SMILES string of the molecule is [O-]C1=N/[N+](=C/c2ccc(Br)cc2)CC1. The summed E-state index contributed by atoms with van der Waals surface area (Å²) in [6.07, 6.45) is 2.39. The van der Waals surface area contributed by atoms with E-state index in [-0.39, 0.29) is 5.90 Å². The van der Waals surface area contributed by atoms with E-state index in [1.807, 2.05) is 30.5 Å². The Balaban J connectivity index is 2.22. The molecule has 0 N–H and O–H groups in total. The molecule has 0 amide bonds. The van der Waals surface area contributed by atoms with Gasteiger partial charge in [-0.3, -0.25) is 0 Å². The molecule has 14 heavy (non-hydrogen) atoms. The molecular formula is C10H9BrN2O. The summed E-state index contributed by atoms with van der Waals surface area (Å²) < 4.78 is 2.73. The molecule has 0 atom stereocenters. The van der Waals surface area contributed by atoms with E-state index in [0.29, 0.717) is 13.0 Å². The molecule has 1 aromatic carbocycles. The van der Waals surface area contributed by atoms with E-state index < -0.39 is 0 Å². The molecule has 4 heteroatoms. The first-order valence-electron chi connectivity index (χ1n) is 4.35. The van der Waals surface area contributed by atoms with Crippen molar-refractivity contribution in [2.45, 2.75) is 6.42 Å². The topological polar surface area (TPSA) is 38.4 Å². The molecule has 3 nitrogen and oxygen atoms in total. The predicted molar refractivity (Wildman–Crippen MR) is 56.5 cm³/mol. The number of halogens is 1. The van der Waals surface area contributed by atoms with Crippen molar-refractivity contribution in [1.82, 2.24) is 0 Å². The van der Waals surface area contributed by atoms with E-state index in [1.165, 1.54) is 0 Å². The van der Waals surface area contributed by atoms with Crippen molar-refractivity contribution < 1.29 is 9.79 Å². The summed E-state index contributed by atoms with van der Waals surface area (Å²) in [5.74, 6) is -0.0432. The van der Waals surface area contributed by atoms with Gasteiger partial charge in [0, 0.05) is 22.4 Å². The lowest BCUT2D eigenvalue weighted by molar-refractivity contribution is -0.519. The van der Waals surface area contributed by atoms with Crippen LogP contribution in [0.15, 0.2) is 33.8 Å². The first kappa shape index (κ1) is 9.40. The summed E-state index contributed by atoms with van der Waals surface area (Å²) in [4.78, 5) is 0. The van der Waals surface area contributed by atoms with Crippen LogP contribution in [0.5, 0.6) is 0 Å². The lowest BCUT2D eigenvalue weighted by Gasteiger charge is -1.91. The third-order valence-electron chi connectivity index (χ3n) is 1.96. The van der Waals surface area contributed by atoms with Gasteiger partial charge in [0.15, 0.2) is 6.54 Å². The largest absolute Gasteiger partial charge is 0.857 e. The van der Waals surface area contributed by atoms with Gasteiger partial charge in [0.2, 0.25) is 6.21 Å². The van der Waals surface area contributed by atoms with E-state index in [2.05, 4.69) is 21.0 Å². The zero-order valence-corrected chi connectivity index (χ0v) is 9.07. The summed E-state index contributed by atoms with van der Waals surface area (Å²) in [7, 11) is 0. The first-order valence-corrected chi connectivity index (χ1v) is 5.15. The Morgan fingerprint density at radius 2 is 2.07 bits per heavy atom. The average molecular weight is 253 g/mol. The zero-order chi connectivity index (χ0) is 9.97. The van der Waals surface area contributed by atoms with Crippen LogP contribution in [0.25, 0.3) is 0 Å². The Labute approximate surface area is 90.5 Å². The molecule has 0 aromatic heterocycles. The molecule has 0 bridgehead atoms. The van der Waals surface area contributed by atoms with Gasteiger partial charge in [-0.1, -0.05) is 20.6 Å². The molecule has 0 aliphatic carbocycles. The molecular weight excluding hydrogens is 244 g/mol. The molecule has 0 saturated carbocycles. The molecule has 0 saturated heterocycles. The second-order valence-electron chi connectivity index (χ2n) is 3.09. The van der Waals surface area contributed by atoms with Gasteiger partial charge in [-0.2, -0.15) is 0 Å². The average Bonchev–Trinajstić information content (AvgIpc) is 2.56. The molecule has 1 aliphatic rings. The third-order valence-corrected chi connectivity index (χ3v) is 2.49. The van der Waals surface area contributed by atoms with Gasteiger partial charge in [0.1, 0.15) is 0 Å². The highest BCUT2D eigenvalue weighted by Gasteiger charge is 2.10. The summed E-state index contributed by atoms with van der Waals surface area (Å²) in [5.41, 5.74) is 1.05. The Kier molecular flexibility index (Phi) is 2.63. The highest BCUT2D eigenvalue weighted by atomic mass is 79.9. The van der Waals surface area contributed by atoms with E-state index in [0.717, 1.165) is 10.0 Å². The number of hydrazone groups is 1. The maximum atomic E-state index is 10.9. The number of hydrogen-bond acceptors (Lipinski definition) is 2. The van der Waals surface area contributed by atoms with Crippen molar-refractivity contribution in [3.8, 4) is 0 Å². The Bertz CT molecular complexity index is 395. The Hall–Kier alpha value is -1.16. The maximum absolute atomic E-state index is 10.9. The summed E-state index contributed by atoms with van der Waals surface area (Å²) in [6, 6.07) is 7.87. The van der Waals surface area contributed by atoms with Crippen LogP contribution in [-0.2, 0) is 0 Å². The van der Waals surface area contributed by atoms with Crippen molar-refractivity contribution in [2.75, 3.05) is 6.54 Å². The van der Waals surface area contributed by atoms with Gasteiger partial charge in [0.05, 0.1) is 0 Å². The van der Waals surface area contributed by atoms with Crippen LogP contribution < -0.4 is 5.11 Å². The lowest BCUT2D eigenvalue weighted by Crippen LogP contribution is -2.13. The van der Waals surface area contributed by atoms with E-state index in [4.69, 9.17) is 0 Å². The van der Waals surface area contributed by atoms with E-state index in [9.17, 15) is 5.11 Å². The predicted octanol–water partition coefficient (Wildman–Crippen LogP) is 0.958. The minimum Gasteiger partial charge on any atom is -0.857 e. The molecule has 72 valence electrons. The van der Waals surface area contributed by atoms with Gasteiger partial charge in [0.25, 0.3) is 0 Å². The van der Waals surface area contributed by atoms with E-state index >= 15 is 0 Å². The van der Waals surface area contributed by atoms with Crippen molar-refractivity contribution in [2.24, 2.45) is 5.10 Å². The highest BCUT2D eigenvalue weighted by Crippen LogP contribution is 2.09. The molecule has 2 rings (SSSR count). The minimum absolute atomic E-state index is 0.0432. The monoisotopic (exact) mass is 252 g/mol. The van der Waals surface area contributed by atoms with Gasteiger partial charge < -0.3 is 5.11 Å². The maximum Gasteiger partial charge on any atom is 0.203 e. The van der Waals surface area contributed by atoms with Crippen LogP contribution in [0, 0.1) is 0 Å². The van der Waals surface area contributed by atoms with Crippen molar-refractivity contribution in [1.29, 1.82) is 0 Å². The number of hydrogen-bond donors (Lipinski definition) is 0. The smallest absolute Gasteiger partial charge is 0.203 e. The van der Waals surface area contributed by atoms with Crippen LogP contribution in [-0.4, -0.2) is 23.3 Å². The van der Waals surface area contributed by atoms with Crippen LogP contribution in [0.4, 0.5) is 0 Å². The fourth-order valence-corrected chi connectivity index (χ4v) is 1.53. The lowest BCUT2D eigenvalue weighted by atomic mass is 10.2. The molecule has 0 spiro atoms. The molecule has 1 aliphatic heterocycles. The summed E-state index contributed by atoms with van der Waals surface area (Å²) in [5, 5.41) is 14.7. The number of rotatable bonds is 1. The number of nitrogens with zero attached hydrogens (tertiary/aromatic N) is 2. The molecule has 0 radical (unpaired) electrons. The van der Waals surface area contributed by atoms with E-state index in [1.54, 1.807) is 4.68 Å². The second kappa shape index (κ2) is 3.92. The van der Waals surface area contributed by atoms with Crippen LogP contribution in [0.2, 0.25) is 0 Å². The summed E-state index contributed by atoms with van der Waals surface area (Å²) >= 11 is 3.36. The van der Waals surface area contributed by atoms with Gasteiger partial charge in [-0.05, 0) is 29.4 Å². The van der Waals surface area contributed by atoms with Gasteiger partial charge >= 0.3 is 0 Å². The Morgan fingerprint density at radius 3 is 2.64 bits per heavy atom. The number of benzene rings is 1. The van der Waals surface area contributed by atoms with Gasteiger partial charge in [-0.15, -0.1) is 0 Å². The summed E-state index contributed by atoms with van der Waals surface area (Å²) in [6.45, 7) is 0.689. The molecule has 1 heterocycles. The minimum atomic E-state index is -0.0432. The van der Waals surface area contributed by atoms with Crippen LogP contribution in [0.3, 0.4) is 0 Å². The van der Waals surface area contributed by atoms with Crippen molar-refractivity contribution in [3.63, 3.8) is 0 Å². The molecule has 0 unspecified atom stereocenters. The van der Waals surface area contributed by atoms with Crippen molar-refractivity contribution >= 4 is 28.0 Å². The second-order valence-corrected chi connectivity index (χ2v) is 4.00. The standard InChI is InChI=1S/C10H9BrN2O/c11-9-3-1-8(2-4-9)7-13-6-5-10(14)12-13/h1-4,7H,5-6H2/b13-7+. The zero-order valence-electron chi connectivity index (χ0n) is 7.48. The third kappa shape index (κ3) is 2.20. The molecule has 1 aromatic rings. The van der Waals surface area contributed by atoms with Crippen molar-refractivity contribution in [3.05, 3.63) is 34.3 Å². The fraction of sp³-hybridized carbons (Fsp3) is 0.200. The first-order chi connectivity index (χ1) is 6.74.